The van der Waals surface area contributed by atoms with Crippen molar-refractivity contribution in [1.82, 2.24) is 4.90 Å². The SMILES string of the molecule is CCN(CC)C(=O)COc1c(-c2ccco2)oc2ccc(C)cc2c1=O. The summed E-state index contributed by atoms with van der Waals surface area (Å²) in [4.78, 5) is 26.9. The molecule has 0 N–H and O–H groups in total. The highest BCUT2D eigenvalue weighted by Gasteiger charge is 2.21. The first-order valence-corrected chi connectivity index (χ1v) is 8.57. The zero-order valence-electron chi connectivity index (χ0n) is 15.1. The molecule has 3 aromatic rings. The summed E-state index contributed by atoms with van der Waals surface area (Å²) in [5.41, 5.74) is 1.05. The standard InChI is InChI=1S/C20H21NO5/c1-4-21(5-2)17(22)12-25-20-18(23)14-11-13(3)8-9-15(14)26-19(20)16-7-6-10-24-16/h6-11H,4-5,12H2,1-3H3. The van der Waals surface area contributed by atoms with Crippen LogP contribution >= 0.6 is 0 Å². The zero-order valence-corrected chi connectivity index (χ0v) is 15.1. The molecule has 0 aliphatic rings. The molecule has 0 spiro atoms. The lowest BCUT2D eigenvalue weighted by atomic mass is 10.1. The molecule has 0 aliphatic carbocycles. The number of hydrogen-bond acceptors (Lipinski definition) is 5. The molecule has 0 atom stereocenters. The summed E-state index contributed by atoms with van der Waals surface area (Å²) in [6.45, 7) is 6.59. The van der Waals surface area contributed by atoms with Crippen LogP contribution in [0.3, 0.4) is 0 Å². The van der Waals surface area contributed by atoms with Crippen LogP contribution in [0, 0.1) is 6.92 Å². The van der Waals surface area contributed by atoms with Gasteiger partial charge in [0.1, 0.15) is 5.58 Å². The fourth-order valence-electron chi connectivity index (χ4n) is 2.79. The Balaban J connectivity index is 2.07. The predicted octanol–water partition coefficient (Wildman–Crippen LogP) is 3.61. The number of carbonyl (C=O) groups is 1. The summed E-state index contributed by atoms with van der Waals surface area (Å²) < 4.78 is 16.9. The van der Waals surface area contributed by atoms with Gasteiger partial charge in [-0.1, -0.05) is 11.6 Å². The monoisotopic (exact) mass is 355 g/mol. The topological polar surface area (TPSA) is 72.9 Å². The maximum Gasteiger partial charge on any atom is 0.260 e. The Hall–Kier alpha value is -3.02. The van der Waals surface area contributed by atoms with Gasteiger partial charge in [-0.3, -0.25) is 9.59 Å². The molecule has 0 fully saturated rings. The third-order valence-corrected chi connectivity index (χ3v) is 4.21. The number of ether oxygens (including phenoxy) is 1. The maximum absolute atomic E-state index is 13.0. The molecule has 26 heavy (non-hydrogen) atoms. The molecule has 2 aromatic heterocycles. The van der Waals surface area contributed by atoms with Gasteiger partial charge in [-0.05, 0) is 45.0 Å². The van der Waals surface area contributed by atoms with E-state index in [2.05, 4.69) is 0 Å². The van der Waals surface area contributed by atoms with Crippen LogP contribution in [0.5, 0.6) is 5.75 Å². The number of aryl methyl sites for hydroxylation is 1. The highest BCUT2D eigenvalue weighted by atomic mass is 16.5. The third kappa shape index (κ3) is 3.35. The van der Waals surface area contributed by atoms with Crippen LogP contribution in [0.1, 0.15) is 19.4 Å². The summed E-state index contributed by atoms with van der Waals surface area (Å²) in [7, 11) is 0. The van der Waals surface area contributed by atoms with E-state index in [4.69, 9.17) is 13.6 Å². The van der Waals surface area contributed by atoms with Gasteiger partial charge in [-0.2, -0.15) is 0 Å². The number of furan rings is 1. The lowest BCUT2D eigenvalue weighted by Gasteiger charge is -2.19. The second-order valence-corrected chi connectivity index (χ2v) is 5.92. The molecule has 3 rings (SSSR count). The molecule has 1 aromatic carbocycles. The number of fused-ring (bicyclic) bond motifs is 1. The Kier molecular flexibility index (Phi) is 5.11. The first-order valence-electron chi connectivity index (χ1n) is 8.57. The van der Waals surface area contributed by atoms with E-state index in [1.54, 1.807) is 29.2 Å². The van der Waals surface area contributed by atoms with Crippen molar-refractivity contribution in [1.29, 1.82) is 0 Å². The zero-order chi connectivity index (χ0) is 18.7. The summed E-state index contributed by atoms with van der Waals surface area (Å²) in [5.74, 6) is 0.348. The molecule has 0 radical (unpaired) electrons. The Morgan fingerprint density at radius 3 is 2.62 bits per heavy atom. The second kappa shape index (κ2) is 7.47. The quantitative estimate of drug-likeness (QED) is 0.675. The Labute approximate surface area is 151 Å². The van der Waals surface area contributed by atoms with Gasteiger partial charge in [-0.25, -0.2) is 0 Å². The molecule has 1 amide bonds. The largest absolute Gasteiger partial charge is 0.476 e. The minimum Gasteiger partial charge on any atom is -0.476 e. The number of rotatable bonds is 6. The van der Waals surface area contributed by atoms with E-state index in [0.29, 0.717) is 29.8 Å². The lowest BCUT2D eigenvalue weighted by Crippen LogP contribution is -2.35. The van der Waals surface area contributed by atoms with E-state index in [0.717, 1.165) is 5.56 Å². The lowest BCUT2D eigenvalue weighted by molar-refractivity contribution is -0.132. The highest BCUT2D eigenvalue weighted by molar-refractivity contribution is 5.82. The fraction of sp³-hybridized carbons (Fsp3) is 0.300. The molecular formula is C20H21NO5. The van der Waals surface area contributed by atoms with E-state index < -0.39 is 0 Å². The molecule has 0 unspecified atom stereocenters. The minimum absolute atomic E-state index is 0.0152. The van der Waals surface area contributed by atoms with E-state index >= 15 is 0 Å². The first-order chi connectivity index (χ1) is 12.5. The predicted molar refractivity (Wildman–Crippen MR) is 98.3 cm³/mol. The van der Waals surface area contributed by atoms with E-state index in [-0.39, 0.29) is 29.5 Å². The van der Waals surface area contributed by atoms with Crippen LogP contribution in [0.2, 0.25) is 0 Å². The highest BCUT2D eigenvalue weighted by Crippen LogP contribution is 2.31. The number of carbonyl (C=O) groups excluding carboxylic acids is 1. The normalized spacial score (nSPS) is 10.9. The van der Waals surface area contributed by atoms with Gasteiger partial charge < -0.3 is 18.5 Å². The van der Waals surface area contributed by atoms with Crippen molar-refractivity contribution in [2.75, 3.05) is 19.7 Å². The molecule has 0 bridgehead atoms. The van der Waals surface area contributed by atoms with Crippen molar-refractivity contribution in [3.05, 3.63) is 52.4 Å². The Morgan fingerprint density at radius 2 is 1.96 bits per heavy atom. The van der Waals surface area contributed by atoms with Crippen LogP contribution < -0.4 is 10.2 Å². The average Bonchev–Trinajstić information content (AvgIpc) is 3.17. The average molecular weight is 355 g/mol. The summed E-state index contributed by atoms with van der Waals surface area (Å²) in [6.07, 6.45) is 1.49. The summed E-state index contributed by atoms with van der Waals surface area (Å²) in [5, 5.41) is 0.408. The Bertz CT molecular complexity index is 968. The number of nitrogens with zero attached hydrogens (tertiary/aromatic N) is 1. The molecule has 6 heteroatoms. The van der Waals surface area contributed by atoms with Crippen LogP contribution in [0.4, 0.5) is 0 Å². The van der Waals surface area contributed by atoms with Crippen LogP contribution in [0.25, 0.3) is 22.5 Å². The number of likely N-dealkylation sites (N-methyl/N-ethyl adjacent to an activating group) is 1. The van der Waals surface area contributed by atoms with Crippen molar-refractivity contribution in [3.8, 4) is 17.3 Å². The summed E-state index contributed by atoms with van der Waals surface area (Å²) >= 11 is 0. The smallest absolute Gasteiger partial charge is 0.260 e. The van der Waals surface area contributed by atoms with Crippen molar-refractivity contribution in [2.24, 2.45) is 0 Å². The van der Waals surface area contributed by atoms with Crippen LogP contribution in [-0.2, 0) is 4.79 Å². The van der Waals surface area contributed by atoms with Gasteiger partial charge in [0.25, 0.3) is 5.91 Å². The van der Waals surface area contributed by atoms with Gasteiger partial charge in [0.2, 0.25) is 16.9 Å². The van der Waals surface area contributed by atoms with E-state index in [9.17, 15) is 9.59 Å². The fourth-order valence-corrected chi connectivity index (χ4v) is 2.79. The van der Waals surface area contributed by atoms with Crippen molar-refractivity contribution >= 4 is 16.9 Å². The van der Waals surface area contributed by atoms with Gasteiger partial charge in [0, 0.05) is 13.1 Å². The molecular weight excluding hydrogens is 334 g/mol. The number of benzene rings is 1. The molecule has 0 saturated heterocycles. The van der Waals surface area contributed by atoms with E-state index in [1.807, 2.05) is 26.8 Å². The molecule has 136 valence electrons. The minimum atomic E-state index is -0.325. The molecule has 6 nitrogen and oxygen atoms in total. The molecule has 0 aliphatic heterocycles. The van der Waals surface area contributed by atoms with Crippen LogP contribution in [0.15, 0.2) is 50.2 Å². The van der Waals surface area contributed by atoms with Gasteiger partial charge >= 0.3 is 0 Å². The molecule has 0 saturated carbocycles. The second-order valence-electron chi connectivity index (χ2n) is 5.92. The van der Waals surface area contributed by atoms with Gasteiger partial charge in [-0.15, -0.1) is 0 Å². The van der Waals surface area contributed by atoms with E-state index in [1.165, 1.54) is 6.26 Å². The van der Waals surface area contributed by atoms with Gasteiger partial charge in [0.05, 0.1) is 11.6 Å². The Morgan fingerprint density at radius 1 is 1.19 bits per heavy atom. The third-order valence-electron chi connectivity index (χ3n) is 4.21. The first kappa shape index (κ1) is 17.8. The van der Waals surface area contributed by atoms with Crippen molar-refractivity contribution in [2.45, 2.75) is 20.8 Å². The summed E-state index contributed by atoms with van der Waals surface area (Å²) in [6, 6.07) is 8.72. The van der Waals surface area contributed by atoms with Crippen LogP contribution in [-0.4, -0.2) is 30.5 Å². The van der Waals surface area contributed by atoms with Gasteiger partial charge in [0.15, 0.2) is 12.4 Å². The van der Waals surface area contributed by atoms with Crippen molar-refractivity contribution in [3.63, 3.8) is 0 Å². The number of hydrogen-bond donors (Lipinski definition) is 0. The molecule has 2 heterocycles. The van der Waals surface area contributed by atoms with Crippen molar-refractivity contribution < 1.29 is 18.4 Å². The number of amides is 1. The maximum atomic E-state index is 13.0.